The van der Waals surface area contributed by atoms with E-state index in [-0.39, 0.29) is 11.9 Å². The van der Waals surface area contributed by atoms with Gasteiger partial charge in [0.1, 0.15) is 0 Å². The van der Waals surface area contributed by atoms with Gasteiger partial charge in [-0.1, -0.05) is 0 Å². The Kier molecular flexibility index (Phi) is 4.60. The van der Waals surface area contributed by atoms with Crippen LogP contribution in [0.3, 0.4) is 0 Å². The number of carbonyl (C=O) groups is 2. The highest BCUT2D eigenvalue weighted by Crippen LogP contribution is 2.36. The number of urea groups is 1. The molecule has 8 heteroatoms. The van der Waals surface area contributed by atoms with Crippen LogP contribution in [0.25, 0.3) is 0 Å². The number of hydrogen-bond donors (Lipinski definition) is 1. The van der Waals surface area contributed by atoms with E-state index in [0.717, 1.165) is 23.9 Å². The van der Waals surface area contributed by atoms with Crippen LogP contribution in [-0.2, 0) is 24.4 Å². The summed E-state index contributed by atoms with van der Waals surface area (Å²) in [6.45, 7) is 3.94. The van der Waals surface area contributed by atoms with Gasteiger partial charge in [0.2, 0.25) is 5.91 Å². The number of nitrogens with one attached hydrogen (secondary N) is 1. The molecule has 4 rings (SSSR count). The van der Waals surface area contributed by atoms with Gasteiger partial charge in [0, 0.05) is 33.2 Å². The first kappa shape index (κ1) is 17.3. The predicted octanol–water partition coefficient (Wildman–Crippen LogP) is 0.481. The summed E-state index contributed by atoms with van der Waals surface area (Å²) in [5, 5.41) is 7.57. The molecule has 0 unspecified atom stereocenters. The summed E-state index contributed by atoms with van der Waals surface area (Å²) >= 11 is 0. The number of rotatable bonds is 4. The molecule has 0 spiro atoms. The normalized spacial score (nSPS) is 24.6. The van der Waals surface area contributed by atoms with E-state index >= 15 is 0 Å². The highest BCUT2D eigenvalue weighted by molar-refractivity contribution is 5.78. The molecule has 142 valence electrons. The quantitative estimate of drug-likeness (QED) is 0.848. The van der Waals surface area contributed by atoms with Crippen molar-refractivity contribution in [2.75, 3.05) is 33.7 Å². The van der Waals surface area contributed by atoms with Crippen molar-refractivity contribution < 1.29 is 9.59 Å². The monoisotopic (exact) mass is 360 g/mol. The second-order valence-electron chi connectivity index (χ2n) is 7.99. The molecular weight excluding hydrogens is 332 g/mol. The number of fused-ring (bicyclic) bond motifs is 3. The molecule has 1 aliphatic carbocycles. The van der Waals surface area contributed by atoms with Crippen molar-refractivity contribution in [2.24, 2.45) is 5.92 Å². The Labute approximate surface area is 154 Å². The fourth-order valence-corrected chi connectivity index (χ4v) is 4.51. The van der Waals surface area contributed by atoms with Crippen molar-refractivity contribution in [3.63, 3.8) is 0 Å². The first-order chi connectivity index (χ1) is 12.5. The second-order valence-corrected chi connectivity index (χ2v) is 7.99. The molecule has 2 atom stereocenters. The Hall–Kier alpha value is -2.09. The Morgan fingerprint density at radius 1 is 1.31 bits per heavy atom. The molecule has 1 aromatic heterocycles. The number of hydrogen-bond acceptors (Lipinski definition) is 4. The van der Waals surface area contributed by atoms with E-state index < -0.39 is 0 Å². The number of piperidine rings is 1. The van der Waals surface area contributed by atoms with Gasteiger partial charge >= 0.3 is 6.03 Å². The van der Waals surface area contributed by atoms with Crippen LogP contribution in [0.15, 0.2) is 6.07 Å². The van der Waals surface area contributed by atoms with E-state index in [1.807, 2.05) is 15.6 Å². The summed E-state index contributed by atoms with van der Waals surface area (Å²) in [6, 6.07) is 2.63. The summed E-state index contributed by atoms with van der Waals surface area (Å²) in [5.41, 5.74) is 1.88. The third kappa shape index (κ3) is 3.42. The number of aromatic nitrogens is 2. The molecule has 2 bridgehead atoms. The van der Waals surface area contributed by atoms with Crippen LogP contribution < -0.4 is 5.32 Å². The molecular formula is C18H28N6O2. The molecule has 0 aromatic carbocycles. The van der Waals surface area contributed by atoms with Crippen LogP contribution in [0.4, 0.5) is 4.79 Å². The topological polar surface area (TPSA) is 73.7 Å². The van der Waals surface area contributed by atoms with Crippen LogP contribution >= 0.6 is 0 Å². The van der Waals surface area contributed by atoms with Crippen LogP contribution in [0.5, 0.6) is 0 Å². The fraction of sp³-hybridized carbons (Fsp3) is 0.722. The summed E-state index contributed by atoms with van der Waals surface area (Å²) in [4.78, 5) is 30.1. The smallest absolute Gasteiger partial charge is 0.319 e. The van der Waals surface area contributed by atoms with Crippen molar-refractivity contribution in [1.82, 2.24) is 29.8 Å². The molecule has 1 saturated heterocycles. The lowest BCUT2D eigenvalue weighted by Gasteiger charge is -2.29. The average Bonchev–Trinajstić information content (AvgIpc) is 3.33. The van der Waals surface area contributed by atoms with Gasteiger partial charge in [0.25, 0.3) is 0 Å². The lowest BCUT2D eigenvalue weighted by Crippen LogP contribution is -2.43. The highest BCUT2D eigenvalue weighted by Gasteiger charge is 2.38. The summed E-state index contributed by atoms with van der Waals surface area (Å²) in [7, 11) is 3.53. The summed E-state index contributed by atoms with van der Waals surface area (Å²) in [6.07, 6.45) is 3.84. The Morgan fingerprint density at radius 2 is 2.15 bits per heavy atom. The first-order valence-corrected chi connectivity index (χ1v) is 9.52. The maximum absolute atomic E-state index is 12.3. The fourth-order valence-electron chi connectivity index (χ4n) is 4.51. The molecule has 8 nitrogen and oxygen atoms in total. The van der Waals surface area contributed by atoms with Crippen LogP contribution in [-0.4, -0.2) is 76.2 Å². The molecule has 0 radical (unpaired) electrons. The van der Waals surface area contributed by atoms with E-state index in [4.69, 9.17) is 0 Å². The van der Waals surface area contributed by atoms with Gasteiger partial charge in [-0.2, -0.15) is 5.10 Å². The van der Waals surface area contributed by atoms with Crippen molar-refractivity contribution in [1.29, 1.82) is 0 Å². The van der Waals surface area contributed by atoms with Crippen LogP contribution in [0.1, 0.15) is 30.7 Å². The minimum Gasteiger partial charge on any atom is -0.349 e. The Morgan fingerprint density at radius 3 is 2.85 bits per heavy atom. The van der Waals surface area contributed by atoms with Crippen molar-refractivity contribution in [3.8, 4) is 0 Å². The molecule has 1 N–H and O–H groups in total. The lowest BCUT2D eigenvalue weighted by molar-refractivity contribution is -0.122. The zero-order valence-corrected chi connectivity index (χ0v) is 15.6. The molecule has 3 heterocycles. The first-order valence-electron chi connectivity index (χ1n) is 9.52. The molecule has 3 amide bonds. The van der Waals surface area contributed by atoms with Crippen LogP contribution in [0, 0.1) is 5.92 Å². The van der Waals surface area contributed by atoms with Gasteiger partial charge < -0.3 is 15.1 Å². The third-order valence-electron chi connectivity index (χ3n) is 5.84. The number of amides is 3. The zero-order valence-electron chi connectivity index (χ0n) is 15.6. The molecule has 1 aromatic rings. The van der Waals surface area contributed by atoms with Gasteiger partial charge in [-0.25, -0.2) is 4.79 Å². The number of likely N-dealkylation sites (tertiary alicyclic amines) is 1. The second kappa shape index (κ2) is 6.90. The lowest BCUT2D eigenvalue weighted by atomic mass is 10.1. The summed E-state index contributed by atoms with van der Waals surface area (Å²) < 4.78 is 1.94. The number of nitrogens with zero attached hydrogens (tertiary/aromatic N) is 5. The van der Waals surface area contributed by atoms with Crippen LogP contribution in [0.2, 0.25) is 0 Å². The average molecular weight is 360 g/mol. The highest BCUT2D eigenvalue weighted by atomic mass is 16.2. The molecule has 26 heavy (non-hydrogen) atoms. The van der Waals surface area contributed by atoms with E-state index in [2.05, 4.69) is 15.3 Å². The SMILES string of the molecule is CN(C)C(=O)N1CCn2nc(CNC(=O)CN3C[C@@H]4CC[C@H]3C4)cc2C1. The van der Waals surface area contributed by atoms with Gasteiger partial charge in [0.15, 0.2) is 0 Å². The van der Waals surface area contributed by atoms with Gasteiger partial charge in [-0.15, -0.1) is 0 Å². The van der Waals surface area contributed by atoms with E-state index in [9.17, 15) is 9.59 Å². The Balaban J connectivity index is 1.28. The maximum Gasteiger partial charge on any atom is 0.319 e. The van der Waals surface area contributed by atoms with Crippen molar-refractivity contribution >= 4 is 11.9 Å². The molecule has 1 saturated carbocycles. The molecule has 2 aliphatic heterocycles. The van der Waals surface area contributed by atoms with E-state index in [1.54, 1.807) is 19.0 Å². The van der Waals surface area contributed by atoms with Gasteiger partial charge in [-0.3, -0.25) is 14.4 Å². The van der Waals surface area contributed by atoms with Gasteiger partial charge in [-0.05, 0) is 31.2 Å². The van der Waals surface area contributed by atoms with Gasteiger partial charge in [0.05, 0.1) is 37.6 Å². The Bertz CT molecular complexity index is 700. The zero-order chi connectivity index (χ0) is 18.3. The maximum atomic E-state index is 12.3. The predicted molar refractivity (Wildman–Crippen MR) is 96.3 cm³/mol. The minimum atomic E-state index is 0.0206. The summed E-state index contributed by atoms with van der Waals surface area (Å²) in [5.74, 6) is 0.883. The minimum absolute atomic E-state index is 0.0206. The van der Waals surface area contributed by atoms with E-state index in [0.29, 0.717) is 38.8 Å². The molecule has 2 fully saturated rings. The number of carbonyl (C=O) groups excluding carboxylic acids is 2. The van der Waals surface area contributed by atoms with Crippen molar-refractivity contribution in [3.05, 3.63) is 17.5 Å². The van der Waals surface area contributed by atoms with Crippen molar-refractivity contribution in [2.45, 2.75) is 44.9 Å². The molecule has 3 aliphatic rings. The third-order valence-corrected chi connectivity index (χ3v) is 5.84. The van der Waals surface area contributed by atoms with E-state index in [1.165, 1.54) is 19.3 Å². The largest absolute Gasteiger partial charge is 0.349 e. The standard InChI is InChI=1S/C18H28N6O2/c1-21(2)18(26)22-5-6-24-16(11-22)8-14(20-24)9-19-17(25)12-23-10-13-3-4-15(23)7-13/h8,13,15H,3-7,9-12H2,1-2H3,(H,19,25)/t13-,15+/m1/s1.